The summed E-state index contributed by atoms with van der Waals surface area (Å²) in [6.45, 7) is 10.4. The zero-order valence-electron chi connectivity index (χ0n) is 11.8. The van der Waals surface area contributed by atoms with Crippen LogP contribution in [0, 0.1) is 17.3 Å². The highest BCUT2D eigenvalue weighted by atomic mass is 16.4. The standard InChI is InChI=1S/C15H26O3/c1-10(7-14(17)18)5-6-13-11(2)8-12(16)9-15(13,3)4/h10,12-13,16H,2,5-9H2,1,3-4H3,(H,17,18). The van der Waals surface area contributed by atoms with Gasteiger partial charge in [0.15, 0.2) is 0 Å². The Balaban J connectivity index is 2.54. The lowest BCUT2D eigenvalue weighted by Crippen LogP contribution is -2.36. The second kappa shape index (κ2) is 5.87. The molecule has 0 aromatic rings. The molecule has 1 rings (SSSR count). The summed E-state index contributed by atoms with van der Waals surface area (Å²) in [6.07, 6.45) is 3.37. The molecule has 0 aliphatic heterocycles. The van der Waals surface area contributed by atoms with Gasteiger partial charge in [-0.1, -0.05) is 32.9 Å². The first-order valence-corrected chi connectivity index (χ1v) is 6.80. The van der Waals surface area contributed by atoms with Crippen LogP contribution >= 0.6 is 0 Å². The summed E-state index contributed by atoms with van der Waals surface area (Å²) in [5.41, 5.74) is 1.19. The summed E-state index contributed by atoms with van der Waals surface area (Å²) in [5.74, 6) is -0.116. The Hall–Kier alpha value is -0.830. The van der Waals surface area contributed by atoms with Crippen LogP contribution in [-0.4, -0.2) is 22.3 Å². The van der Waals surface area contributed by atoms with Crippen LogP contribution in [0.2, 0.25) is 0 Å². The van der Waals surface area contributed by atoms with Crippen molar-refractivity contribution >= 4 is 5.97 Å². The maximum atomic E-state index is 10.6. The van der Waals surface area contributed by atoms with Crippen molar-refractivity contribution in [2.24, 2.45) is 17.3 Å². The van der Waals surface area contributed by atoms with Crippen molar-refractivity contribution in [2.45, 2.75) is 59.0 Å². The van der Waals surface area contributed by atoms with Gasteiger partial charge in [0.05, 0.1) is 6.10 Å². The summed E-state index contributed by atoms with van der Waals surface area (Å²) in [6, 6.07) is 0. The fraction of sp³-hybridized carbons (Fsp3) is 0.800. The molecule has 3 heteroatoms. The first-order chi connectivity index (χ1) is 8.22. The lowest BCUT2D eigenvalue weighted by molar-refractivity contribution is -0.138. The molecule has 0 bridgehead atoms. The fourth-order valence-corrected chi connectivity index (χ4v) is 3.27. The molecule has 0 aromatic carbocycles. The Kier molecular flexibility index (Phi) is 4.97. The van der Waals surface area contributed by atoms with Gasteiger partial charge in [0.2, 0.25) is 0 Å². The first-order valence-electron chi connectivity index (χ1n) is 6.80. The predicted molar refractivity (Wildman–Crippen MR) is 72.3 cm³/mol. The molecule has 1 fully saturated rings. The molecular formula is C15H26O3. The van der Waals surface area contributed by atoms with Crippen LogP contribution in [0.4, 0.5) is 0 Å². The van der Waals surface area contributed by atoms with Gasteiger partial charge < -0.3 is 10.2 Å². The van der Waals surface area contributed by atoms with Gasteiger partial charge >= 0.3 is 5.97 Å². The van der Waals surface area contributed by atoms with Crippen LogP contribution in [0.5, 0.6) is 0 Å². The molecule has 104 valence electrons. The lowest BCUT2D eigenvalue weighted by atomic mass is 9.64. The number of aliphatic hydroxyl groups is 1. The maximum Gasteiger partial charge on any atom is 0.303 e. The zero-order chi connectivity index (χ0) is 13.9. The summed E-state index contributed by atoms with van der Waals surface area (Å²) in [5, 5.41) is 18.6. The van der Waals surface area contributed by atoms with Crippen molar-refractivity contribution in [3.05, 3.63) is 12.2 Å². The highest BCUT2D eigenvalue weighted by molar-refractivity contribution is 5.66. The van der Waals surface area contributed by atoms with E-state index in [9.17, 15) is 9.90 Å². The average Bonchev–Trinajstić information content (AvgIpc) is 2.12. The van der Waals surface area contributed by atoms with E-state index in [1.807, 2.05) is 6.92 Å². The van der Waals surface area contributed by atoms with E-state index in [0.717, 1.165) is 24.8 Å². The zero-order valence-corrected chi connectivity index (χ0v) is 11.8. The Morgan fingerprint density at radius 2 is 2.17 bits per heavy atom. The SMILES string of the molecule is C=C1CC(O)CC(C)(C)C1CCC(C)CC(=O)O. The highest BCUT2D eigenvalue weighted by Crippen LogP contribution is 2.45. The summed E-state index contributed by atoms with van der Waals surface area (Å²) in [7, 11) is 0. The maximum absolute atomic E-state index is 10.6. The van der Waals surface area contributed by atoms with E-state index in [1.165, 1.54) is 0 Å². The minimum atomic E-state index is -0.723. The van der Waals surface area contributed by atoms with Crippen molar-refractivity contribution in [3.8, 4) is 0 Å². The van der Waals surface area contributed by atoms with E-state index < -0.39 is 5.97 Å². The monoisotopic (exact) mass is 254 g/mol. The highest BCUT2D eigenvalue weighted by Gasteiger charge is 2.38. The quantitative estimate of drug-likeness (QED) is 0.741. The van der Waals surface area contributed by atoms with Gasteiger partial charge in [-0.2, -0.15) is 0 Å². The van der Waals surface area contributed by atoms with Gasteiger partial charge in [-0.15, -0.1) is 0 Å². The lowest BCUT2D eigenvalue weighted by Gasteiger charge is -2.43. The van der Waals surface area contributed by atoms with Gasteiger partial charge in [-0.25, -0.2) is 0 Å². The minimum Gasteiger partial charge on any atom is -0.481 e. The van der Waals surface area contributed by atoms with Crippen LogP contribution in [-0.2, 0) is 4.79 Å². The third-order valence-electron chi connectivity index (χ3n) is 4.17. The molecule has 0 heterocycles. The number of hydrogen-bond donors (Lipinski definition) is 2. The topological polar surface area (TPSA) is 57.5 Å². The van der Waals surface area contributed by atoms with Crippen molar-refractivity contribution in [2.75, 3.05) is 0 Å². The fourth-order valence-electron chi connectivity index (χ4n) is 3.27. The van der Waals surface area contributed by atoms with Crippen LogP contribution in [0.25, 0.3) is 0 Å². The van der Waals surface area contributed by atoms with E-state index in [2.05, 4.69) is 20.4 Å². The van der Waals surface area contributed by atoms with E-state index >= 15 is 0 Å². The Labute approximate surface area is 110 Å². The smallest absolute Gasteiger partial charge is 0.303 e. The van der Waals surface area contributed by atoms with Gasteiger partial charge in [-0.3, -0.25) is 4.79 Å². The third-order valence-corrected chi connectivity index (χ3v) is 4.17. The molecule has 1 aliphatic carbocycles. The van der Waals surface area contributed by atoms with Crippen LogP contribution < -0.4 is 0 Å². The van der Waals surface area contributed by atoms with Gasteiger partial charge in [0.1, 0.15) is 0 Å². The second-order valence-electron chi connectivity index (χ2n) is 6.54. The number of hydrogen-bond acceptors (Lipinski definition) is 2. The number of aliphatic carboxylic acids is 1. The van der Waals surface area contributed by atoms with E-state index in [0.29, 0.717) is 12.3 Å². The van der Waals surface area contributed by atoms with Crippen LogP contribution in [0.15, 0.2) is 12.2 Å². The molecule has 1 saturated carbocycles. The number of carboxylic acid groups (broad SMARTS) is 1. The van der Waals surface area contributed by atoms with E-state index in [1.54, 1.807) is 0 Å². The Morgan fingerprint density at radius 3 is 2.67 bits per heavy atom. The minimum absolute atomic E-state index is 0.0672. The summed E-state index contributed by atoms with van der Waals surface area (Å²) < 4.78 is 0. The van der Waals surface area contributed by atoms with Crippen LogP contribution in [0.1, 0.15) is 52.9 Å². The number of carboxylic acids is 1. The van der Waals surface area contributed by atoms with Crippen molar-refractivity contribution in [1.82, 2.24) is 0 Å². The Morgan fingerprint density at radius 1 is 1.56 bits per heavy atom. The molecule has 3 unspecified atom stereocenters. The second-order valence-corrected chi connectivity index (χ2v) is 6.54. The number of rotatable bonds is 5. The molecule has 0 spiro atoms. The summed E-state index contributed by atoms with van der Waals surface area (Å²) in [4.78, 5) is 10.6. The largest absolute Gasteiger partial charge is 0.481 e. The van der Waals surface area contributed by atoms with Gasteiger partial charge in [0, 0.05) is 6.42 Å². The molecule has 2 N–H and O–H groups in total. The Bertz CT molecular complexity index is 320. The number of carbonyl (C=O) groups is 1. The molecule has 3 nitrogen and oxygen atoms in total. The predicted octanol–water partition coefficient (Wildman–Crippen LogP) is 3.23. The van der Waals surface area contributed by atoms with Gasteiger partial charge in [-0.05, 0) is 42.9 Å². The molecule has 18 heavy (non-hydrogen) atoms. The molecule has 3 atom stereocenters. The first kappa shape index (κ1) is 15.2. The normalized spacial score (nSPS) is 29.0. The molecule has 1 aliphatic rings. The number of aliphatic hydroxyl groups excluding tert-OH is 1. The van der Waals surface area contributed by atoms with Crippen molar-refractivity contribution in [3.63, 3.8) is 0 Å². The van der Waals surface area contributed by atoms with E-state index in [-0.39, 0.29) is 23.9 Å². The molecule has 0 aromatic heterocycles. The summed E-state index contributed by atoms with van der Waals surface area (Å²) >= 11 is 0. The third kappa shape index (κ3) is 4.13. The molecule has 0 radical (unpaired) electrons. The molecule has 0 saturated heterocycles. The average molecular weight is 254 g/mol. The van der Waals surface area contributed by atoms with Crippen LogP contribution in [0.3, 0.4) is 0 Å². The van der Waals surface area contributed by atoms with E-state index in [4.69, 9.17) is 5.11 Å². The van der Waals surface area contributed by atoms with Crippen molar-refractivity contribution in [1.29, 1.82) is 0 Å². The molecular weight excluding hydrogens is 228 g/mol. The van der Waals surface area contributed by atoms with Gasteiger partial charge in [0.25, 0.3) is 0 Å². The molecule has 0 amide bonds. The van der Waals surface area contributed by atoms with Crippen molar-refractivity contribution < 1.29 is 15.0 Å².